The second kappa shape index (κ2) is 8.31. The zero-order valence-corrected chi connectivity index (χ0v) is 18.8. The van der Waals surface area contributed by atoms with Crippen LogP contribution in [0, 0.1) is 6.92 Å². The Balaban J connectivity index is 1.80. The van der Waals surface area contributed by atoms with Crippen LogP contribution in [0.4, 0.5) is 4.79 Å². The number of fused-ring (bicyclic) bond motifs is 1. The van der Waals surface area contributed by atoms with E-state index in [1.807, 2.05) is 29.7 Å². The molecule has 1 saturated heterocycles. The lowest BCUT2D eigenvalue weighted by Gasteiger charge is -2.31. The third kappa shape index (κ3) is 4.50. The van der Waals surface area contributed by atoms with Crippen LogP contribution in [0.25, 0.3) is 16.9 Å². The summed E-state index contributed by atoms with van der Waals surface area (Å²) in [5.41, 5.74) is 3.63. The normalized spacial score (nSPS) is 17.3. The molecule has 3 aromatic rings. The minimum atomic E-state index is -3.92. The standard InChI is InChI=1S/C20H19Cl2N3O5S/c1-12-4-5-25-17(9-13-11-24(20(26)27)6-7-30-13)19(23-18(25)8-12)15-3-2-14(10-16(15)21)31(22,28)29/h2-5,8,10,13H,6-7,9,11H2,1H3,(H,26,27)/t13-/m0/s1. The van der Waals surface area contributed by atoms with Gasteiger partial charge in [-0.1, -0.05) is 11.6 Å². The molecule has 1 amide bonds. The van der Waals surface area contributed by atoms with Gasteiger partial charge in [0.25, 0.3) is 9.05 Å². The fourth-order valence-electron chi connectivity index (χ4n) is 3.68. The molecule has 1 fully saturated rings. The van der Waals surface area contributed by atoms with Gasteiger partial charge in [0.2, 0.25) is 0 Å². The Bertz CT molecular complexity index is 1280. The summed E-state index contributed by atoms with van der Waals surface area (Å²) in [6.45, 7) is 2.83. The van der Waals surface area contributed by atoms with Gasteiger partial charge in [0.1, 0.15) is 5.65 Å². The molecule has 1 aliphatic rings. The zero-order chi connectivity index (χ0) is 22.3. The highest BCUT2D eigenvalue weighted by atomic mass is 35.7. The maximum absolute atomic E-state index is 11.6. The minimum Gasteiger partial charge on any atom is -0.465 e. The molecule has 8 nitrogen and oxygen atoms in total. The van der Waals surface area contributed by atoms with Gasteiger partial charge in [0.05, 0.1) is 40.6 Å². The number of morpholine rings is 1. The van der Waals surface area contributed by atoms with E-state index in [-0.39, 0.29) is 22.6 Å². The van der Waals surface area contributed by atoms with E-state index in [4.69, 9.17) is 32.0 Å². The SMILES string of the molecule is Cc1ccn2c(C[C@H]3CN(C(=O)O)CCO3)c(-c3ccc(S(=O)(=O)Cl)cc3Cl)nc2c1. The first-order chi connectivity index (χ1) is 14.6. The summed E-state index contributed by atoms with van der Waals surface area (Å²) >= 11 is 6.42. The number of imidazole rings is 1. The fourth-order valence-corrected chi connectivity index (χ4v) is 4.79. The molecule has 0 bridgehead atoms. The molecule has 1 aromatic carbocycles. The average molecular weight is 484 g/mol. The van der Waals surface area contributed by atoms with Crippen molar-refractivity contribution in [2.24, 2.45) is 0 Å². The minimum absolute atomic E-state index is 0.100. The van der Waals surface area contributed by atoms with Gasteiger partial charge in [-0.15, -0.1) is 0 Å². The van der Waals surface area contributed by atoms with Crippen LogP contribution in [0.3, 0.4) is 0 Å². The molecule has 1 N–H and O–H groups in total. The molecule has 0 aliphatic carbocycles. The molecular formula is C20H19Cl2N3O5S. The number of pyridine rings is 1. The Morgan fingerprint density at radius 2 is 2.10 bits per heavy atom. The number of ether oxygens (including phenoxy) is 1. The largest absolute Gasteiger partial charge is 0.465 e. The molecular weight excluding hydrogens is 465 g/mol. The summed E-state index contributed by atoms with van der Waals surface area (Å²) in [5, 5.41) is 9.51. The van der Waals surface area contributed by atoms with E-state index < -0.39 is 15.1 Å². The first-order valence-corrected chi connectivity index (χ1v) is 12.1. The van der Waals surface area contributed by atoms with E-state index in [1.165, 1.54) is 17.0 Å². The van der Waals surface area contributed by atoms with Crippen LogP contribution in [0.15, 0.2) is 41.4 Å². The van der Waals surface area contributed by atoms with Crippen LogP contribution < -0.4 is 0 Å². The van der Waals surface area contributed by atoms with Crippen LogP contribution in [-0.4, -0.2) is 59.7 Å². The van der Waals surface area contributed by atoms with Crippen molar-refractivity contribution in [3.63, 3.8) is 0 Å². The number of benzene rings is 1. The summed E-state index contributed by atoms with van der Waals surface area (Å²) in [4.78, 5) is 17.3. The predicted molar refractivity (Wildman–Crippen MR) is 116 cm³/mol. The summed E-state index contributed by atoms with van der Waals surface area (Å²) in [6.07, 6.45) is 0.948. The quantitative estimate of drug-likeness (QED) is 0.566. The summed E-state index contributed by atoms with van der Waals surface area (Å²) in [7, 11) is 1.51. The van der Waals surface area contributed by atoms with Gasteiger partial charge in [0, 0.05) is 35.4 Å². The molecule has 3 heterocycles. The van der Waals surface area contributed by atoms with Crippen molar-refractivity contribution in [2.75, 3.05) is 19.7 Å². The molecule has 0 saturated carbocycles. The smallest absolute Gasteiger partial charge is 0.407 e. The second-order valence-corrected chi connectivity index (χ2v) is 10.3. The molecule has 2 aromatic heterocycles. The molecule has 0 spiro atoms. The molecule has 1 atom stereocenters. The second-order valence-electron chi connectivity index (χ2n) is 7.34. The van der Waals surface area contributed by atoms with Crippen LogP contribution in [0.2, 0.25) is 5.02 Å². The Morgan fingerprint density at radius 1 is 1.32 bits per heavy atom. The van der Waals surface area contributed by atoms with E-state index in [2.05, 4.69) is 0 Å². The van der Waals surface area contributed by atoms with Gasteiger partial charge < -0.3 is 19.1 Å². The summed E-state index contributed by atoms with van der Waals surface area (Å²) in [6, 6.07) is 8.11. The number of hydrogen-bond acceptors (Lipinski definition) is 5. The lowest BCUT2D eigenvalue weighted by molar-refractivity contribution is -0.0214. The van der Waals surface area contributed by atoms with E-state index in [0.29, 0.717) is 36.5 Å². The van der Waals surface area contributed by atoms with Crippen molar-refractivity contribution >= 4 is 43.1 Å². The lowest BCUT2D eigenvalue weighted by atomic mass is 10.1. The average Bonchev–Trinajstić information content (AvgIpc) is 3.04. The molecule has 1 aliphatic heterocycles. The maximum atomic E-state index is 11.6. The van der Waals surface area contributed by atoms with Crippen molar-refractivity contribution < 1.29 is 23.1 Å². The monoisotopic (exact) mass is 483 g/mol. The highest BCUT2D eigenvalue weighted by Gasteiger charge is 2.27. The van der Waals surface area contributed by atoms with E-state index in [9.17, 15) is 18.3 Å². The number of nitrogens with zero attached hydrogens (tertiary/aromatic N) is 3. The summed E-state index contributed by atoms with van der Waals surface area (Å²) in [5.74, 6) is 0. The fraction of sp³-hybridized carbons (Fsp3) is 0.300. The third-order valence-electron chi connectivity index (χ3n) is 5.19. The van der Waals surface area contributed by atoms with Gasteiger partial charge in [-0.25, -0.2) is 18.2 Å². The van der Waals surface area contributed by atoms with E-state index in [0.717, 1.165) is 11.3 Å². The predicted octanol–water partition coefficient (Wildman–Crippen LogP) is 3.81. The van der Waals surface area contributed by atoms with Gasteiger partial charge in [-0.2, -0.15) is 0 Å². The van der Waals surface area contributed by atoms with E-state index >= 15 is 0 Å². The van der Waals surface area contributed by atoms with Crippen molar-refractivity contribution in [3.05, 3.63) is 52.8 Å². The maximum Gasteiger partial charge on any atom is 0.407 e. The number of carboxylic acid groups (broad SMARTS) is 1. The van der Waals surface area contributed by atoms with Crippen LogP contribution in [0.5, 0.6) is 0 Å². The first kappa shape index (κ1) is 21.9. The number of rotatable bonds is 4. The number of carbonyl (C=O) groups is 1. The van der Waals surface area contributed by atoms with Crippen LogP contribution >= 0.6 is 22.3 Å². The molecule has 0 radical (unpaired) electrons. The molecule has 0 unspecified atom stereocenters. The number of aryl methyl sites for hydroxylation is 1. The van der Waals surface area contributed by atoms with Crippen LogP contribution in [0.1, 0.15) is 11.3 Å². The Morgan fingerprint density at radius 3 is 2.77 bits per heavy atom. The number of amides is 1. The summed E-state index contributed by atoms with van der Waals surface area (Å²) < 4.78 is 31.0. The molecule has 164 valence electrons. The van der Waals surface area contributed by atoms with Crippen LogP contribution in [-0.2, 0) is 20.2 Å². The van der Waals surface area contributed by atoms with Crippen molar-refractivity contribution in [2.45, 2.75) is 24.3 Å². The van der Waals surface area contributed by atoms with Gasteiger partial charge in [-0.05, 0) is 42.8 Å². The highest BCUT2D eigenvalue weighted by Crippen LogP contribution is 2.34. The topological polar surface area (TPSA) is 101 Å². The Labute approximate surface area is 188 Å². The first-order valence-electron chi connectivity index (χ1n) is 9.45. The highest BCUT2D eigenvalue weighted by molar-refractivity contribution is 8.13. The Kier molecular flexibility index (Phi) is 5.87. The number of halogens is 2. The van der Waals surface area contributed by atoms with Crippen molar-refractivity contribution in [1.82, 2.24) is 14.3 Å². The lowest BCUT2D eigenvalue weighted by Crippen LogP contribution is -2.45. The Hall–Kier alpha value is -2.33. The number of aromatic nitrogens is 2. The van der Waals surface area contributed by atoms with Gasteiger partial charge in [-0.3, -0.25) is 0 Å². The number of hydrogen-bond donors (Lipinski definition) is 1. The molecule has 11 heteroatoms. The zero-order valence-electron chi connectivity index (χ0n) is 16.5. The van der Waals surface area contributed by atoms with Crippen molar-refractivity contribution in [1.29, 1.82) is 0 Å². The van der Waals surface area contributed by atoms with Gasteiger partial charge in [0.15, 0.2) is 0 Å². The van der Waals surface area contributed by atoms with E-state index in [1.54, 1.807) is 6.07 Å². The molecule has 31 heavy (non-hydrogen) atoms. The van der Waals surface area contributed by atoms with Crippen molar-refractivity contribution in [3.8, 4) is 11.3 Å². The molecule has 4 rings (SSSR count). The van der Waals surface area contributed by atoms with Gasteiger partial charge >= 0.3 is 6.09 Å². The third-order valence-corrected chi connectivity index (χ3v) is 6.85.